The molecule has 1 atom stereocenters. The van der Waals surface area contributed by atoms with Crippen LogP contribution in [0, 0.1) is 5.82 Å². The Morgan fingerprint density at radius 1 is 1.60 bits per heavy atom. The zero-order valence-electron chi connectivity index (χ0n) is 11.6. The third-order valence-corrected chi connectivity index (χ3v) is 3.24. The van der Waals surface area contributed by atoms with Crippen molar-refractivity contribution in [3.8, 4) is 0 Å². The molecular weight excluding hydrogens is 261 g/mol. The lowest BCUT2D eigenvalue weighted by atomic mass is 10.2. The molecule has 0 spiro atoms. The number of carbonyl (C=O) groups is 1. The van der Waals surface area contributed by atoms with Crippen LogP contribution in [-0.4, -0.2) is 43.7 Å². The molecule has 6 heteroatoms. The fourth-order valence-corrected chi connectivity index (χ4v) is 2.27. The van der Waals surface area contributed by atoms with E-state index in [1.165, 1.54) is 18.2 Å². The molecule has 0 saturated carbocycles. The highest BCUT2D eigenvalue weighted by Gasteiger charge is 2.18. The van der Waals surface area contributed by atoms with E-state index >= 15 is 0 Å². The van der Waals surface area contributed by atoms with E-state index in [0.717, 1.165) is 19.4 Å². The molecular formula is C14H20FN3O2. The third-order valence-electron chi connectivity index (χ3n) is 3.24. The van der Waals surface area contributed by atoms with Crippen molar-refractivity contribution in [2.45, 2.75) is 18.9 Å². The summed E-state index contributed by atoms with van der Waals surface area (Å²) in [4.78, 5) is 13.8. The van der Waals surface area contributed by atoms with E-state index in [-0.39, 0.29) is 18.6 Å². The maximum atomic E-state index is 13.1. The molecule has 1 aliphatic rings. The molecule has 2 rings (SSSR count). The molecule has 0 bridgehead atoms. The predicted molar refractivity (Wildman–Crippen MR) is 75.9 cm³/mol. The number of nitrogens with two attached hydrogens (primary N) is 1. The van der Waals surface area contributed by atoms with Gasteiger partial charge in [-0.25, -0.2) is 4.39 Å². The molecule has 20 heavy (non-hydrogen) atoms. The Balaban J connectivity index is 1.83. The van der Waals surface area contributed by atoms with Crippen molar-refractivity contribution in [2.75, 3.05) is 37.8 Å². The van der Waals surface area contributed by atoms with Gasteiger partial charge in [0.15, 0.2) is 0 Å². The van der Waals surface area contributed by atoms with Gasteiger partial charge in [-0.1, -0.05) is 0 Å². The normalized spacial score (nSPS) is 18.4. The van der Waals surface area contributed by atoms with E-state index in [2.05, 4.69) is 5.32 Å². The lowest BCUT2D eigenvalue weighted by Crippen LogP contribution is -2.35. The van der Waals surface area contributed by atoms with Crippen molar-refractivity contribution >= 4 is 17.3 Å². The van der Waals surface area contributed by atoms with Crippen LogP contribution in [-0.2, 0) is 9.53 Å². The van der Waals surface area contributed by atoms with Crippen LogP contribution in [0.5, 0.6) is 0 Å². The van der Waals surface area contributed by atoms with Gasteiger partial charge in [-0.3, -0.25) is 9.69 Å². The highest BCUT2D eigenvalue weighted by atomic mass is 19.1. The molecule has 110 valence electrons. The summed E-state index contributed by atoms with van der Waals surface area (Å²) >= 11 is 0. The van der Waals surface area contributed by atoms with Gasteiger partial charge in [0.1, 0.15) is 5.82 Å². The first-order valence-electron chi connectivity index (χ1n) is 6.69. The van der Waals surface area contributed by atoms with Gasteiger partial charge in [0, 0.05) is 13.2 Å². The Bertz CT molecular complexity index is 475. The van der Waals surface area contributed by atoms with Gasteiger partial charge < -0.3 is 15.8 Å². The Labute approximate surface area is 117 Å². The Morgan fingerprint density at radius 2 is 2.40 bits per heavy atom. The highest BCUT2D eigenvalue weighted by Crippen LogP contribution is 2.19. The van der Waals surface area contributed by atoms with Crippen LogP contribution in [0.25, 0.3) is 0 Å². The van der Waals surface area contributed by atoms with Gasteiger partial charge >= 0.3 is 0 Å². The number of hydrogen-bond acceptors (Lipinski definition) is 4. The van der Waals surface area contributed by atoms with Gasteiger partial charge in [-0.15, -0.1) is 0 Å². The minimum atomic E-state index is -0.429. The van der Waals surface area contributed by atoms with E-state index in [1.54, 1.807) is 0 Å². The standard InChI is InChI=1S/C14H20FN3O2/c1-18(8-11-3-2-6-20-11)9-14(19)17-13-7-10(15)4-5-12(13)16/h4-5,7,11H,2-3,6,8-9,16H2,1H3,(H,17,19). The number of ether oxygens (including phenoxy) is 1. The summed E-state index contributed by atoms with van der Waals surface area (Å²) in [7, 11) is 1.86. The fraction of sp³-hybridized carbons (Fsp3) is 0.500. The zero-order valence-corrected chi connectivity index (χ0v) is 11.6. The molecule has 1 aromatic carbocycles. The van der Waals surface area contributed by atoms with Crippen molar-refractivity contribution in [3.05, 3.63) is 24.0 Å². The predicted octanol–water partition coefficient (Wildman–Crippen LogP) is 1.46. The Kier molecular flexibility index (Phi) is 4.92. The van der Waals surface area contributed by atoms with Gasteiger partial charge in [-0.05, 0) is 38.1 Å². The van der Waals surface area contributed by atoms with Gasteiger partial charge in [0.25, 0.3) is 0 Å². The van der Waals surface area contributed by atoms with E-state index in [0.29, 0.717) is 17.9 Å². The molecule has 1 amide bonds. The van der Waals surface area contributed by atoms with E-state index in [4.69, 9.17) is 10.5 Å². The van der Waals surface area contributed by atoms with Gasteiger partial charge in [0.2, 0.25) is 5.91 Å². The van der Waals surface area contributed by atoms with Crippen LogP contribution in [0.15, 0.2) is 18.2 Å². The highest BCUT2D eigenvalue weighted by molar-refractivity contribution is 5.95. The number of hydrogen-bond donors (Lipinski definition) is 2. The Morgan fingerprint density at radius 3 is 3.10 bits per heavy atom. The molecule has 0 aliphatic carbocycles. The largest absolute Gasteiger partial charge is 0.397 e. The number of nitrogen functional groups attached to an aromatic ring is 1. The summed E-state index contributed by atoms with van der Waals surface area (Å²) in [6, 6.07) is 3.91. The van der Waals surface area contributed by atoms with Crippen LogP contribution in [0.1, 0.15) is 12.8 Å². The average Bonchev–Trinajstić information content (AvgIpc) is 2.86. The molecule has 0 aromatic heterocycles. The SMILES string of the molecule is CN(CC(=O)Nc1cc(F)ccc1N)CC1CCCO1. The van der Waals surface area contributed by atoms with Crippen molar-refractivity contribution in [2.24, 2.45) is 0 Å². The van der Waals surface area contributed by atoms with Crippen molar-refractivity contribution in [1.29, 1.82) is 0 Å². The van der Waals surface area contributed by atoms with Crippen LogP contribution in [0.2, 0.25) is 0 Å². The minimum Gasteiger partial charge on any atom is -0.397 e. The molecule has 1 heterocycles. The summed E-state index contributed by atoms with van der Waals surface area (Å²) < 4.78 is 18.6. The lowest BCUT2D eigenvalue weighted by Gasteiger charge is -2.20. The smallest absolute Gasteiger partial charge is 0.238 e. The molecule has 1 unspecified atom stereocenters. The van der Waals surface area contributed by atoms with E-state index < -0.39 is 5.82 Å². The number of nitrogens with zero attached hydrogens (tertiary/aromatic N) is 1. The average molecular weight is 281 g/mol. The molecule has 1 aromatic rings. The quantitative estimate of drug-likeness (QED) is 0.802. The fourth-order valence-electron chi connectivity index (χ4n) is 2.27. The number of rotatable bonds is 5. The first-order chi connectivity index (χ1) is 9.54. The molecule has 3 N–H and O–H groups in total. The van der Waals surface area contributed by atoms with Crippen LogP contribution < -0.4 is 11.1 Å². The molecule has 1 saturated heterocycles. The van der Waals surface area contributed by atoms with Crippen LogP contribution in [0.4, 0.5) is 15.8 Å². The van der Waals surface area contributed by atoms with Gasteiger partial charge in [-0.2, -0.15) is 0 Å². The summed E-state index contributed by atoms with van der Waals surface area (Å²) in [6.45, 7) is 1.73. The zero-order chi connectivity index (χ0) is 14.5. The van der Waals surface area contributed by atoms with Crippen LogP contribution in [0.3, 0.4) is 0 Å². The van der Waals surface area contributed by atoms with Crippen molar-refractivity contribution < 1.29 is 13.9 Å². The summed E-state index contributed by atoms with van der Waals surface area (Å²) in [6.07, 6.45) is 2.31. The topological polar surface area (TPSA) is 67.6 Å². The number of anilines is 2. The molecule has 0 radical (unpaired) electrons. The van der Waals surface area contributed by atoms with Crippen molar-refractivity contribution in [1.82, 2.24) is 4.90 Å². The third kappa shape index (κ3) is 4.18. The number of likely N-dealkylation sites (N-methyl/N-ethyl adjacent to an activating group) is 1. The number of halogens is 1. The molecule has 1 fully saturated rings. The summed E-state index contributed by atoms with van der Waals surface area (Å²) in [5, 5.41) is 2.62. The second-order valence-electron chi connectivity index (χ2n) is 5.11. The summed E-state index contributed by atoms with van der Waals surface area (Å²) in [5.41, 5.74) is 6.34. The van der Waals surface area contributed by atoms with Crippen molar-refractivity contribution in [3.63, 3.8) is 0 Å². The lowest BCUT2D eigenvalue weighted by molar-refractivity contribution is -0.117. The monoisotopic (exact) mass is 281 g/mol. The second kappa shape index (κ2) is 6.67. The number of carbonyl (C=O) groups excluding carboxylic acids is 1. The second-order valence-corrected chi connectivity index (χ2v) is 5.11. The number of benzene rings is 1. The van der Waals surface area contributed by atoms with Gasteiger partial charge in [0.05, 0.1) is 24.0 Å². The first kappa shape index (κ1) is 14.7. The molecule has 1 aliphatic heterocycles. The van der Waals surface area contributed by atoms with E-state index in [1.807, 2.05) is 11.9 Å². The van der Waals surface area contributed by atoms with Crippen LogP contribution >= 0.6 is 0 Å². The number of nitrogens with one attached hydrogen (secondary N) is 1. The minimum absolute atomic E-state index is 0.201. The first-order valence-corrected chi connectivity index (χ1v) is 6.69. The molecule has 5 nitrogen and oxygen atoms in total. The van der Waals surface area contributed by atoms with E-state index in [9.17, 15) is 9.18 Å². The maximum absolute atomic E-state index is 13.1. The maximum Gasteiger partial charge on any atom is 0.238 e. The number of amides is 1. The summed E-state index contributed by atoms with van der Waals surface area (Å²) in [5.74, 6) is -0.648. The Hall–Kier alpha value is -1.66.